The highest BCUT2D eigenvalue weighted by atomic mass is 35.5. The molecule has 104 valence electrons. The third-order valence-corrected chi connectivity index (χ3v) is 3.38. The third kappa shape index (κ3) is 3.61. The van der Waals surface area contributed by atoms with Gasteiger partial charge in [-0.25, -0.2) is 0 Å². The van der Waals surface area contributed by atoms with Crippen LogP contribution in [0, 0.1) is 13.8 Å². The van der Waals surface area contributed by atoms with E-state index in [2.05, 4.69) is 6.07 Å². The molecule has 0 N–H and O–H groups in total. The lowest BCUT2D eigenvalue weighted by atomic mass is 10.1. The summed E-state index contributed by atoms with van der Waals surface area (Å²) in [5.74, 6) is -0.0986. The van der Waals surface area contributed by atoms with E-state index >= 15 is 0 Å². The van der Waals surface area contributed by atoms with Gasteiger partial charge in [0.15, 0.2) is 0 Å². The van der Waals surface area contributed by atoms with Gasteiger partial charge < -0.3 is 4.90 Å². The first-order valence-electron chi connectivity index (χ1n) is 6.58. The van der Waals surface area contributed by atoms with Crippen molar-refractivity contribution >= 4 is 23.2 Å². The van der Waals surface area contributed by atoms with Crippen molar-refractivity contribution in [3.8, 4) is 0 Å². The lowest BCUT2D eigenvalue weighted by Gasteiger charge is -2.22. The van der Waals surface area contributed by atoms with Crippen LogP contribution in [0.25, 0.3) is 0 Å². The van der Waals surface area contributed by atoms with E-state index in [4.69, 9.17) is 11.6 Å². The largest absolute Gasteiger partial charge is 0.307 e. The number of halogens is 1. The van der Waals surface area contributed by atoms with E-state index < -0.39 is 0 Å². The van der Waals surface area contributed by atoms with Crippen molar-refractivity contribution in [3.63, 3.8) is 0 Å². The predicted octanol–water partition coefficient (Wildman–Crippen LogP) is 4.08. The maximum Gasteiger partial charge on any atom is 0.242 e. The number of hydrogen-bond acceptors (Lipinski definition) is 1. The first kappa shape index (κ1) is 14.6. The van der Waals surface area contributed by atoms with Crippen molar-refractivity contribution in [1.29, 1.82) is 0 Å². The normalized spacial score (nSPS) is 10.3. The Kier molecular flexibility index (Phi) is 4.80. The van der Waals surface area contributed by atoms with Gasteiger partial charge >= 0.3 is 0 Å². The summed E-state index contributed by atoms with van der Waals surface area (Å²) in [6.45, 7) is 4.60. The van der Waals surface area contributed by atoms with Crippen molar-refractivity contribution in [3.05, 3.63) is 65.2 Å². The number of nitrogens with zero attached hydrogens (tertiary/aromatic N) is 1. The molecule has 1 amide bonds. The van der Waals surface area contributed by atoms with E-state index in [9.17, 15) is 4.79 Å². The quantitative estimate of drug-likeness (QED) is 0.776. The van der Waals surface area contributed by atoms with Crippen LogP contribution in [-0.4, -0.2) is 11.8 Å². The standard InChI is InChI=1S/C17H18ClNO/c1-13-5-3-7-15(9-13)12-19(17(20)11-18)16-8-4-6-14(2)10-16/h3-10H,11-12H2,1-2H3. The predicted molar refractivity (Wildman–Crippen MR) is 84.3 cm³/mol. The van der Waals surface area contributed by atoms with Gasteiger partial charge in [-0.15, -0.1) is 11.6 Å². The Hall–Kier alpha value is -1.80. The fourth-order valence-electron chi connectivity index (χ4n) is 2.18. The highest BCUT2D eigenvalue weighted by Crippen LogP contribution is 2.19. The SMILES string of the molecule is Cc1cccc(CN(C(=O)CCl)c2cccc(C)c2)c1. The molecule has 2 aromatic rings. The van der Waals surface area contributed by atoms with E-state index in [-0.39, 0.29) is 11.8 Å². The van der Waals surface area contributed by atoms with Crippen molar-refractivity contribution in [2.24, 2.45) is 0 Å². The minimum atomic E-state index is -0.0845. The Labute approximate surface area is 125 Å². The van der Waals surface area contributed by atoms with Crippen LogP contribution in [0.4, 0.5) is 5.69 Å². The number of benzene rings is 2. The Bertz CT molecular complexity index is 609. The Morgan fingerprint density at radius 3 is 2.30 bits per heavy atom. The molecular formula is C17H18ClNO. The zero-order chi connectivity index (χ0) is 14.5. The zero-order valence-corrected chi connectivity index (χ0v) is 12.5. The van der Waals surface area contributed by atoms with E-state index in [1.807, 2.05) is 56.3 Å². The second-order valence-corrected chi connectivity index (χ2v) is 5.21. The number of carbonyl (C=O) groups excluding carboxylic acids is 1. The fourth-order valence-corrected chi connectivity index (χ4v) is 2.33. The lowest BCUT2D eigenvalue weighted by molar-refractivity contribution is -0.116. The average molecular weight is 288 g/mol. The minimum absolute atomic E-state index is 0.0141. The number of rotatable bonds is 4. The molecule has 0 aliphatic carbocycles. The van der Waals surface area contributed by atoms with Gasteiger partial charge in [0, 0.05) is 5.69 Å². The summed E-state index contributed by atoms with van der Waals surface area (Å²) in [6.07, 6.45) is 0. The van der Waals surface area contributed by atoms with Crippen LogP contribution in [0.5, 0.6) is 0 Å². The van der Waals surface area contributed by atoms with Crippen LogP contribution in [0.15, 0.2) is 48.5 Å². The van der Waals surface area contributed by atoms with Gasteiger partial charge in [0.2, 0.25) is 5.91 Å². The fraction of sp³-hybridized carbons (Fsp3) is 0.235. The molecule has 0 fully saturated rings. The van der Waals surface area contributed by atoms with Crippen LogP contribution in [0.1, 0.15) is 16.7 Å². The zero-order valence-electron chi connectivity index (χ0n) is 11.8. The number of hydrogen-bond donors (Lipinski definition) is 0. The second kappa shape index (κ2) is 6.58. The van der Waals surface area contributed by atoms with Crippen LogP contribution < -0.4 is 4.90 Å². The number of anilines is 1. The van der Waals surface area contributed by atoms with Crippen molar-refractivity contribution < 1.29 is 4.79 Å². The van der Waals surface area contributed by atoms with E-state index in [0.29, 0.717) is 6.54 Å². The van der Waals surface area contributed by atoms with Crippen LogP contribution in [0.2, 0.25) is 0 Å². The molecule has 0 saturated heterocycles. The molecule has 0 atom stereocenters. The topological polar surface area (TPSA) is 20.3 Å². The van der Waals surface area contributed by atoms with Gasteiger partial charge in [-0.05, 0) is 37.1 Å². The van der Waals surface area contributed by atoms with Gasteiger partial charge in [0.1, 0.15) is 5.88 Å². The van der Waals surface area contributed by atoms with Gasteiger partial charge in [-0.1, -0.05) is 42.0 Å². The van der Waals surface area contributed by atoms with E-state index in [1.165, 1.54) is 5.56 Å². The highest BCUT2D eigenvalue weighted by molar-refractivity contribution is 6.29. The summed E-state index contributed by atoms with van der Waals surface area (Å²) >= 11 is 5.74. The molecule has 0 bridgehead atoms. The maximum atomic E-state index is 12.1. The minimum Gasteiger partial charge on any atom is -0.307 e. The molecular weight excluding hydrogens is 270 g/mol. The van der Waals surface area contributed by atoms with Crippen LogP contribution in [-0.2, 0) is 11.3 Å². The summed E-state index contributed by atoms with van der Waals surface area (Å²) in [4.78, 5) is 13.8. The summed E-state index contributed by atoms with van der Waals surface area (Å²) < 4.78 is 0. The molecule has 3 heteroatoms. The molecule has 2 rings (SSSR count). The van der Waals surface area contributed by atoms with Crippen molar-refractivity contribution in [1.82, 2.24) is 0 Å². The van der Waals surface area contributed by atoms with Crippen molar-refractivity contribution in [2.45, 2.75) is 20.4 Å². The first-order chi connectivity index (χ1) is 9.60. The molecule has 0 radical (unpaired) electrons. The number of carbonyl (C=O) groups is 1. The van der Waals surface area contributed by atoms with Crippen molar-refractivity contribution in [2.75, 3.05) is 10.8 Å². The van der Waals surface area contributed by atoms with Crippen LogP contribution in [0.3, 0.4) is 0 Å². The van der Waals surface area contributed by atoms with E-state index in [1.54, 1.807) is 4.90 Å². The van der Waals surface area contributed by atoms with Gasteiger partial charge in [0.05, 0.1) is 6.54 Å². The maximum absolute atomic E-state index is 12.1. The molecule has 0 spiro atoms. The molecule has 0 aliphatic heterocycles. The lowest BCUT2D eigenvalue weighted by Crippen LogP contribution is -2.31. The number of alkyl halides is 1. The summed E-state index contributed by atoms with van der Waals surface area (Å²) in [5, 5.41) is 0. The molecule has 0 aliphatic rings. The highest BCUT2D eigenvalue weighted by Gasteiger charge is 2.15. The van der Waals surface area contributed by atoms with E-state index in [0.717, 1.165) is 16.8 Å². The molecule has 0 saturated carbocycles. The number of amides is 1. The van der Waals surface area contributed by atoms with Gasteiger partial charge in [-0.2, -0.15) is 0 Å². The second-order valence-electron chi connectivity index (χ2n) is 4.94. The Morgan fingerprint density at radius 2 is 1.70 bits per heavy atom. The molecule has 0 heterocycles. The molecule has 0 aromatic heterocycles. The molecule has 20 heavy (non-hydrogen) atoms. The first-order valence-corrected chi connectivity index (χ1v) is 7.12. The Morgan fingerprint density at radius 1 is 1.05 bits per heavy atom. The van der Waals surface area contributed by atoms with Gasteiger partial charge in [-0.3, -0.25) is 4.79 Å². The molecule has 2 nitrogen and oxygen atoms in total. The average Bonchev–Trinajstić information content (AvgIpc) is 2.44. The third-order valence-electron chi connectivity index (χ3n) is 3.15. The summed E-state index contributed by atoms with van der Waals surface area (Å²) in [6, 6.07) is 16.1. The number of aryl methyl sites for hydroxylation is 2. The smallest absolute Gasteiger partial charge is 0.242 e. The molecule has 0 unspecified atom stereocenters. The summed E-state index contributed by atoms with van der Waals surface area (Å²) in [7, 11) is 0. The summed E-state index contributed by atoms with van der Waals surface area (Å²) in [5.41, 5.74) is 4.30. The monoisotopic (exact) mass is 287 g/mol. The van der Waals surface area contributed by atoms with Gasteiger partial charge in [0.25, 0.3) is 0 Å². The van der Waals surface area contributed by atoms with Crippen LogP contribution >= 0.6 is 11.6 Å². The molecule has 2 aromatic carbocycles. The Balaban J connectivity index is 2.31.